The molecule has 1 rings (SSSR count). The predicted molar refractivity (Wildman–Crippen MR) is 68.8 cm³/mol. The van der Waals surface area contributed by atoms with Gasteiger partial charge in [0.1, 0.15) is 5.82 Å². The van der Waals surface area contributed by atoms with Gasteiger partial charge in [0.2, 0.25) is 0 Å². The predicted octanol–water partition coefficient (Wildman–Crippen LogP) is 0.957. The number of anilines is 2. The average Bonchev–Trinajstić information content (AvgIpc) is 2.41. The lowest BCUT2D eigenvalue weighted by Crippen LogP contribution is -2.10. The number of nitrogens with zero attached hydrogens (tertiary/aromatic N) is 2. The highest BCUT2D eigenvalue weighted by Gasteiger charge is 2.23. The normalized spacial score (nSPS) is 12.1. The van der Waals surface area contributed by atoms with Crippen LogP contribution in [0.3, 0.4) is 0 Å². The van der Waals surface area contributed by atoms with Crippen molar-refractivity contribution in [2.24, 2.45) is 5.92 Å². The molecule has 3 N–H and O–H groups in total. The van der Waals surface area contributed by atoms with Crippen molar-refractivity contribution in [3.05, 3.63) is 0 Å². The Hall–Kier alpha value is -1.24. The summed E-state index contributed by atoms with van der Waals surface area (Å²) in [4.78, 5) is 0.0972. The van der Waals surface area contributed by atoms with E-state index in [0.29, 0.717) is 24.8 Å². The molecular formula is C10H20N4O2S. The summed E-state index contributed by atoms with van der Waals surface area (Å²) in [5, 5.41) is 7.13. The molecule has 1 aromatic rings. The topological polar surface area (TPSA) is 90.0 Å². The summed E-state index contributed by atoms with van der Waals surface area (Å²) < 4.78 is 24.9. The van der Waals surface area contributed by atoms with E-state index in [4.69, 9.17) is 5.73 Å². The summed E-state index contributed by atoms with van der Waals surface area (Å²) in [6.45, 7) is 7.12. The molecule has 17 heavy (non-hydrogen) atoms. The summed E-state index contributed by atoms with van der Waals surface area (Å²) in [7, 11) is -3.37. The van der Waals surface area contributed by atoms with Crippen molar-refractivity contribution in [2.75, 3.05) is 23.9 Å². The van der Waals surface area contributed by atoms with E-state index in [2.05, 4.69) is 10.4 Å². The molecule has 0 bridgehead atoms. The molecule has 7 heteroatoms. The van der Waals surface area contributed by atoms with Gasteiger partial charge < -0.3 is 11.1 Å². The molecule has 0 aliphatic rings. The number of sulfone groups is 1. The Labute approximate surface area is 102 Å². The van der Waals surface area contributed by atoms with Gasteiger partial charge in [0.25, 0.3) is 0 Å². The molecule has 0 radical (unpaired) electrons. The first kappa shape index (κ1) is 13.8. The first-order chi connectivity index (χ1) is 7.77. The van der Waals surface area contributed by atoms with Crippen LogP contribution in [0.15, 0.2) is 4.90 Å². The van der Waals surface area contributed by atoms with Gasteiger partial charge in [-0.25, -0.2) is 13.1 Å². The van der Waals surface area contributed by atoms with Crippen molar-refractivity contribution in [3.63, 3.8) is 0 Å². The number of hydrogen-bond donors (Lipinski definition) is 2. The van der Waals surface area contributed by atoms with Crippen LogP contribution in [0, 0.1) is 5.92 Å². The van der Waals surface area contributed by atoms with Gasteiger partial charge in [-0.15, -0.1) is 0 Å². The third kappa shape index (κ3) is 3.12. The number of aromatic nitrogens is 2. The second-order valence-corrected chi connectivity index (χ2v) is 6.39. The maximum Gasteiger partial charge on any atom is 0.182 e. The molecule has 1 heterocycles. The maximum absolute atomic E-state index is 11.7. The molecular weight excluding hydrogens is 240 g/mol. The minimum atomic E-state index is -3.37. The van der Waals surface area contributed by atoms with E-state index in [1.165, 1.54) is 0 Å². The standard InChI is InChI=1S/C10H20N4O2S/c1-5-12-10-8(17(4,15)16)9(11)14(13-10)6-7(2)3/h7H,5-6,11H2,1-4H3,(H,12,13). The fourth-order valence-electron chi connectivity index (χ4n) is 1.59. The average molecular weight is 260 g/mol. The largest absolute Gasteiger partial charge is 0.383 e. The Bertz CT molecular complexity index is 491. The second-order valence-electron chi connectivity index (χ2n) is 4.44. The second kappa shape index (κ2) is 4.95. The highest BCUT2D eigenvalue weighted by Crippen LogP contribution is 2.27. The van der Waals surface area contributed by atoms with Crippen LogP contribution in [-0.2, 0) is 16.4 Å². The molecule has 0 aliphatic heterocycles. The summed E-state index contributed by atoms with van der Waals surface area (Å²) in [5.41, 5.74) is 5.85. The molecule has 0 saturated heterocycles. The fraction of sp³-hybridized carbons (Fsp3) is 0.700. The van der Waals surface area contributed by atoms with E-state index in [9.17, 15) is 8.42 Å². The van der Waals surface area contributed by atoms with Crippen LogP contribution in [0.2, 0.25) is 0 Å². The lowest BCUT2D eigenvalue weighted by Gasteiger charge is -2.06. The van der Waals surface area contributed by atoms with Crippen molar-refractivity contribution < 1.29 is 8.42 Å². The maximum atomic E-state index is 11.7. The van der Waals surface area contributed by atoms with Gasteiger partial charge in [-0.3, -0.25) is 0 Å². The van der Waals surface area contributed by atoms with Crippen molar-refractivity contribution in [2.45, 2.75) is 32.2 Å². The highest BCUT2D eigenvalue weighted by atomic mass is 32.2. The molecule has 0 unspecified atom stereocenters. The van der Waals surface area contributed by atoms with Crippen LogP contribution in [-0.4, -0.2) is 31.0 Å². The van der Waals surface area contributed by atoms with Gasteiger partial charge >= 0.3 is 0 Å². The van der Waals surface area contributed by atoms with Gasteiger partial charge in [-0.1, -0.05) is 13.8 Å². The van der Waals surface area contributed by atoms with Crippen LogP contribution in [0.1, 0.15) is 20.8 Å². The van der Waals surface area contributed by atoms with E-state index < -0.39 is 9.84 Å². The summed E-state index contributed by atoms with van der Waals surface area (Å²) >= 11 is 0. The van der Waals surface area contributed by atoms with Crippen LogP contribution in [0.25, 0.3) is 0 Å². The monoisotopic (exact) mass is 260 g/mol. The Morgan fingerprint density at radius 3 is 2.47 bits per heavy atom. The molecule has 98 valence electrons. The molecule has 0 amide bonds. The Kier molecular flexibility index (Phi) is 4.03. The van der Waals surface area contributed by atoms with E-state index in [0.717, 1.165) is 6.26 Å². The van der Waals surface area contributed by atoms with Crippen LogP contribution in [0.4, 0.5) is 11.6 Å². The van der Waals surface area contributed by atoms with Gasteiger partial charge in [0.15, 0.2) is 20.6 Å². The SMILES string of the molecule is CCNc1nn(CC(C)C)c(N)c1S(C)(=O)=O. The van der Waals surface area contributed by atoms with Crippen molar-refractivity contribution in [3.8, 4) is 0 Å². The molecule has 0 aliphatic carbocycles. The number of nitrogen functional groups attached to an aromatic ring is 1. The van der Waals surface area contributed by atoms with Crippen LogP contribution >= 0.6 is 0 Å². The number of nitrogens with two attached hydrogens (primary N) is 1. The van der Waals surface area contributed by atoms with Gasteiger partial charge in [0, 0.05) is 19.3 Å². The molecule has 6 nitrogen and oxygen atoms in total. The highest BCUT2D eigenvalue weighted by molar-refractivity contribution is 7.91. The molecule has 0 atom stereocenters. The lowest BCUT2D eigenvalue weighted by molar-refractivity contribution is 0.489. The first-order valence-corrected chi connectivity index (χ1v) is 7.46. The van der Waals surface area contributed by atoms with E-state index in [1.807, 2.05) is 20.8 Å². The summed E-state index contributed by atoms with van der Waals surface area (Å²) in [6, 6.07) is 0. The van der Waals surface area contributed by atoms with Crippen LogP contribution in [0.5, 0.6) is 0 Å². The molecule has 0 aromatic carbocycles. The van der Waals surface area contributed by atoms with Crippen molar-refractivity contribution in [1.82, 2.24) is 9.78 Å². The van der Waals surface area contributed by atoms with Gasteiger partial charge in [0.05, 0.1) is 0 Å². The molecule has 0 fully saturated rings. The van der Waals surface area contributed by atoms with Crippen molar-refractivity contribution in [1.29, 1.82) is 0 Å². The number of nitrogens with one attached hydrogen (secondary N) is 1. The summed E-state index contributed by atoms with van der Waals surface area (Å²) in [6.07, 6.45) is 1.14. The number of rotatable bonds is 5. The smallest absolute Gasteiger partial charge is 0.182 e. The zero-order valence-corrected chi connectivity index (χ0v) is 11.5. The quantitative estimate of drug-likeness (QED) is 0.823. The van der Waals surface area contributed by atoms with Crippen LogP contribution < -0.4 is 11.1 Å². The molecule has 1 aromatic heterocycles. The molecule has 0 saturated carbocycles. The van der Waals surface area contributed by atoms with E-state index >= 15 is 0 Å². The number of hydrogen-bond acceptors (Lipinski definition) is 5. The van der Waals surface area contributed by atoms with Crippen molar-refractivity contribution >= 4 is 21.5 Å². The lowest BCUT2D eigenvalue weighted by atomic mass is 10.2. The zero-order chi connectivity index (χ0) is 13.2. The van der Waals surface area contributed by atoms with Gasteiger partial charge in [-0.05, 0) is 12.8 Å². The Morgan fingerprint density at radius 2 is 2.06 bits per heavy atom. The minimum Gasteiger partial charge on any atom is -0.383 e. The van der Waals surface area contributed by atoms with E-state index in [-0.39, 0.29) is 10.7 Å². The zero-order valence-electron chi connectivity index (χ0n) is 10.7. The minimum absolute atomic E-state index is 0.0972. The van der Waals surface area contributed by atoms with E-state index in [1.54, 1.807) is 4.68 Å². The third-order valence-electron chi connectivity index (χ3n) is 2.20. The Morgan fingerprint density at radius 1 is 1.47 bits per heavy atom. The summed E-state index contributed by atoms with van der Waals surface area (Å²) in [5.74, 6) is 0.893. The molecule has 0 spiro atoms. The third-order valence-corrected chi connectivity index (χ3v) is 3.34. The van der Waals surface area contributed by atoms with Gasteiger partial charge in [-0.2, -0.15) is 5.10 Å². The fourth-order valence-corrected chi connectivity index (χ4v) is 2.54. The Balaban J connectivity index is 3.30. The first-order valence-electron chi connectivity index (χ1n) is 5.57.